The SMILES string of the molecule is C=Cc1ccnc(C)c1OCc1cccc(OC)c1. The summed E-state index contributed by atoms with van der Waals surface area (Å²) in [5.41, 5.74) is 2.87. The van der Waals surface area contributed by atoms with Gasteiger partial charge in [-0.25, -0.2) is 0 Å². The summed E-state index contributed by atoms with van der Waals surface area (Å²) < 4.78 is 11.0. The van der Waals surface area contributed by atoms with Crippen LogP contribution in [0.1, 0.15) is 16.8 Å². The smallest absolute Gasteiger partial charge is 0.148 e. The maximum Gasteiger partial charge on any atom is 0.148 e. The molecule has 0 unspecified atom stereocenters. The molecule has 0 radical (unpaired) electrons. The lowest BCUT2D eigenvalue weighted by molar-refractivity contribution is 0.301. The van der Waals surface area contributed by atoms with Gasteiger partial charge in [-0.05, 0) is 30.7 Å². The number of rotatable bonds is 5. The molecule has 0 saturated carbocycles. The maximum absolute atomic E-state index is 5.86. The molecular formula is C16H17NO2. The normalized spacial score (nSPS) is 10.0. The van der Waals surface area contributed by atoms with Crippen LogP contribution in [0.25, 0.3) is 6.08 Å². The molecule has 19 heavy (non-hydrogen) atoms. The number of ether oxygens (including phenoxy) is 2. The van der Waals surface area contributed by atoms with Crippen molar-refractivity contribution in [3.63, 3.8) is 0 Å². The fourth-order valence-electron chi connectivity index (χ4n) is 1.84. The number of aryl methyl sites for hydroxylation is 1. The Labute approximate surface area is 113 Å². The van der Waals surface area contributed by atoms with Crippen molar-refractivity contribution in [2.75, 3.05) is 7.11 Å². The molecule has 1 aromatic heterocycles. The lowest BCUT2D eigenvalue weighted by Crippen LogP contribution is -2.00. The molecule has 0 bridgehead atoms. The molecule has 2 aromatic rings. The van der Waals surface area contributed by atoms with Gasteiger partial charge in [0.05, 0.1) is 12.8 Å². The predicted molar refractivity (Wildman–Crippen MR) is 76.4 cm³/mol. The van der Waals surface area contributed by atoms with Gasteiger partial charge >= 0.3 is 0 Å². The van der Waals surface area contributed by atoms with E-state index in [1.165, 1.54) is 0 Å². The zero-order valence-corrected chi connectivity index (χ0v) is 11.2. The summed E-state index contributed by atoms with van der Waals surface area (Å²) in [4.78, 5) is 4.24. The van der Waals surface area contributed by atoms with Crippen LogP contribution in [-0.4, -0.2) is 12.1 Å². The molecule has 0 atom stereocenters. The molecule has 0 amide bonds. The van der Waals surface area contributed by atoms with Crippen LogP contribution in [0.5, 0.6) is 11.5 Å². The van der Waals surface area contributed by atoms with Crippen LogP contribution in [0.15, 0.2) is 43.1 Å². The Morgan fingerprint density at radius 3 is 2.89 bits per heavy atom. The first-order valence-corrected chi connectivity index (χ1v) is 6.08. The van der Waals surface area contributed by atoms with Crippen LogP contribution in [-0.2, 0) is 6.61 Å². The minimum Gasteiger partial charge on any atom is -0.497 e. The Morgan fingerprint density at radius 2 is 2.16 bits per heavy atom. The third-order valence-corrected chi connectivity index (χ3v) is 2.85. The van der Waals surface area contributed by atoms with Gasteiger partial charge in [-0.2, -0.15) is 0 Å². The fraction of sp³-hybridized carbons (Fsp3) is 0.188. The van der Waals surface area contributed by atoms with E-state index in [1.807, 2.05) is 37.3 Å². The third kappa shape index (κ3) is 3.13. The van der Waals surface area contributed by atoms with Crippen LogP contribution >= 0.6 is 0 Å². The van der Waals surface area contributed by atoms with Gasteiger partial charge in [0.25, 0.3) is 0 Å². The van der Waals surface area contributed by atoms with Crippen LogP contribution < -0.4 is 9.47 Å². The summed E-state index contributed by atoms with van der Waals surface area (Å²) in [6.45, 7) is 6.19. The van der Waals surface area contributed by atoms with Crippen LogP contribution in [0.4, 0.5) is 0 Å². The van der Waals surface area contributed by atoms with E-state index in [0.717, 1.165) is 28.3 Å². The molecule has 3 nitrogen and oxygen atoms in total. The summed E-state index contributed by atoms with van der Waals surface area (Å²) in [5.74, 6) is 1.60. The molecule has 0 aliphatic carbocycles. The van der Waals surface area contributed by atoms with Crippen LogP contribution in [0.3, 0.4) is 0 Å². The van der Waals surface area contributed by atoms with Gasteiger partial charge in [-0.1, -0.05) is 24.8 Å². The predicted octanol–water partition coefficient (Wildman–Crippen LogP) is 3.62. The summed E-state index contributed by atoms with van der Waals surface area (Å²) in [6, 6.07) is 9.71. The molecule has 0 saturated heterocycles. The molecule has 1 aromatic carbocycles. The van der Waals surface area contributed by atoms with E-state index in [0.29, 0.717) is 6.61 Å². The van der Waals surface area contributed by atoms with E-state index in [1.54, 1.807) is 19.4 Å². The standard InChI is InChI=1S/C16H17NO2/c1-4-14-8-9-17-12(2)16(14)19-11-13-6-5-7-15(10-13)18-3/h4-10H,1,11H2,2-3H3. The first kappa shape index (κ1) is 13.1. The molecule has 0 N–H and O–H groups in total. The lowest BCUT2D eigenvalue weighted by atomic mass is 10.2. The van der Waals surface area contributed by atoms with Gasteiger partial charge < -0.3 is 9.47 Å². The van der Waals surface area contributed by atoms with Gasteiger partial charge in [-0.15, -0.1) is 0 Å². The first-order chi connectivity index (χ1) is 9.24. The van der Waals surface area contributed by atoms with Crippen molar-refractivity contribution < 1.29 is 9.47 Å². The fourth-order valence-corrected chi connectivity index (χ4v) is 1.84. The van der Waals surface area contributed by atoms with E-state index in [9.17, 15) is 0 Å². The number of benzene rings is 1. The minimum atomic E-state index is 0.477. The quantitative estimate of drug-likeness (QED) is 0.817. The molecule has 3 heteroatoms. The van der Waals surface area contributed by atoms with E-state index in [4.69, 9.17) is 9.47 Å². The van der Waals surface area contributed by atoms with Gasteiger partial charge in [0.2, 0.25) is 0 Å². The van der Waals surface area contributed by atoms with Gasteiger partial charge in [0.15, 0.2) is 0 Å². The van der Waals surface area contributed by atoms with Crippen molar-refractivity contribution >= 4 is 6.08 Å². The molecule has 2 rings (SSSR count). The monoisotopic (exact) mass is 255 g/mol. The van der Waals surface area contributed by atoms with Crippen molar-refractivity contribution in [3.05, 3.63) is 59.9 Å². The average molecular weight is 255 g/mol. The van der Waals surface area contributed by atoms with Crippen molar-refractivity contribution in [2.45, 2.75) is 13.5 Å². The molecule has 1 heterocycles. The Balaban J connectivity index is 2.16. The lowest BCUT2D eigenvalue weighted by Gasteiger charge is -2.12. The van der Waals surface area contributed by atoms with Crippen molar-refractivity contribution in [2.24, 2.45) is 0 Å². The average Bonchev–Trinajstić information content (AvgIpc) is 2.46. The topological polar surface area (TPSA) is 31.4 Å². The molecule has 0 fully saturated rings. The number of methoxy groups -OCH3 is 1. The first-order valence-electron chi connectivity index (χ1n) is 6.08. The van der Waals surface area contributed by atoms with E-state index in [2.05, 4.69) is 11.6 Å². The molecule has 0 aliphatic heterocycles. The third-order valence-electron chi connectivity index (χ3n) is 2.85. The Bertz CT molecular complexity index is 579. The molecule has 0 spiro atoms. The zero-order chi connectivity index (χ0) is 13.7. The number of pyridine rings is 1. The number of hydrogen-bond acceptors (Lipinski definition) is 3. The summed E-state index contributed by atoms with van der Waals surface area (Å²) in [6.07, 6.45) is 3.53. The number of aromatic nitrogens is 1. The second-order valence-corrected chi connectivity index (χ2v) is 4.16. The summed E-state index contributed by atoms with van der Waals surface area (Å²) in [7, 11) is 1.65. The number of hydrogen-bond donors (Lipinski definition) is 0. The largest absolute Gasteiger partial charge is 0.497 e. The summed E-state index contributed by atoms with van der Waals surface area (Å²) in [5, 5.41) is 0. The van der Waals surface area contributed by atoms with Gasteiger partial charge in [0, 0.05) is 11.8 Å². The number of nitrogens with zero attached hydrogens (tertiary/aromatic N) is 1. The van der Waals surface area contributed by atoms with E-state index in [-0.39, 0.29) is 0 Å². The van der Waals surface area contributed by atoms with Crippen molar-refractivity contribution in [1.82, 2.24) is 4.98 Å². The van der Waals surface area contributed by atoms with E-state index >= 15 is 0 Å². The van der Waals surface area contributed by atoms with Crippen LogP contribution in [0.2, 0.25) is 0 Å². The molecule has 0 aliphatic rings. The Hall–Kier alpha value is -2.29. The second kappa shape index (κ2) is 6.05. The zero-order valence-electron chi connectivity index (χ0n) is 11.2. The Kier molecular flexibility index (Phi) is 4.18. The summed E-state index contributed by atoms with van der Waals surface area (Å²) >= 11 is 0. The second-order valence-electron chi connectivity index (χ2n) is 4.16. The molecular weight excluding hydrogens is 238 g/mol. The highest BCUT2D eigenvalue weighted by molar-refractivity contribution is 5.56. The van der Waals surface area contributed by atoms with Crippen LogP contribution in [0, 0.1) is 6.92 Å². The van der Waals surface area contributed by atoms with Crippen molar-refractivity contribution in [1.29, 1.82) is 0 Å². The Morgan fingerprint density at radius 1 is 1.32 bits per heavy atom. The highest BCUT2D eigenvalue weighted by Gasteiger charge is 2.06. The minimum absolute atomic E-state index is 0.477. The highest BCUT2D eigenvalue weighted by atomic mass is 16.5. The van der Waals surface area contributed by atoms with Gasteiger partial charge in [-0.3, -0.25) is 4.98 Å². The van der Waals surface area contributed by atoms with E-state index < -0.39 is 0 Å². The van der Waals surface area contributed by atoms with Gasteiger partial charge in [0.1, 0.15) is 18.1 Å². The molecule has 98 valence electrons. The maximum atomic E-state index is 5.86. The highest BCUT2D eigenvalue weighted by Crippen LogP contribution is 2.24. The van der Waals surface area contributed by atoms with Crippen molar-refractivity contribution in [3.8, 4) is 11.5 Å².